The fourth-order valence-corrected chi connectivity index (χ4v) is 2.70. The first-order chi connectivity index (χ1) is 11.2. The summed E-state index contributed by atoms with van der Waals surface area (Å²) < 4.78 is 23.6. The third kappa shape index (κ3) is 3.59. The van der Waals surface area contributed by atoms with Crippen LogP contribution in [0, 0.1) is 5.82 Å². The zero-order valence-electron chi connectivity index (χ0n) is 13.0. The molecule has 1 aliphatic heterocycles. The maximum absolute atomic E-state index is 13.3. The molecule has 3 rings (SSSR count). The van der Waals surface area contributed by atoms with Gasteiger partial charge in [-0.3, -0.25) is 4.90 Å². The molecule has 0 aliphatic carbocycles. The number of ether oxygens (including phenoxy) is 1. The van der Waals surface area contributed by atoms with Gasteiger partial charge >= 0.3 is 0 Å². The van der Waals surface area contributed by atoms with Crippen molar-refractivity contribution in [3.05, 3.63) is 35.7 Å². The highest BCUT2D eigenvalue weighted by molar-refractivity contribution is 5.58. The number of halogens is 1. The summed E-state index contributed by atoms with van der Waals surface area (Å²) in [5.41, 5.74) is 6.38. The molecule has 7 nitrogen and oxygen atoms in total. The average Bonchev–Trinajstić information content (AvgIpc) is 3.03. The maximum atomic E-state index is 13.3. The molecule has 0 spiro atoms. The third-order valence-corrected chi connectivity index (χ3v) is 3.90. The van der Waals surface area contributed by atoms with Gasteiger partial charge in [-0.2, -0.15) is 4.98 Å². The van der Waals surface area contributed by atoms with Gasteiger partial charge in [0.25, 0.3) is 0 Å². The number of piperazine rings is 1. The quantitative estimate of drug-likeness (QED) is 0.880. The van der Waals surface area contributed by atoms with Crippen molar-refractivity contribution >= 4 is 5.69 Å². The predicted molar refractivity (Wildman–Crippen MR) is 82.6 cm³/mol. The van der Waals surface area contributed by atoms with Crippen molar-refractivity contribution in [2.45, 2.75) is 13.1 Å². The highest BCUT2D eigenvalue weighted by Crippen LogP contribution is 2.29. The number of hydrogen-bond acceptors (Lipinski definition) is 7. The Morgan fingerprint density at radius 2 is 2.09 bits per heavy atom. The molecule has 1 aromatic carbocycles. The van der Waals surface area contributed by atoms with Gasteiger partial charge < -0.3 is 19.9 Å². The fraction of sp³-hybridized carbons (Fsp3) is 0.467. The van der Waals surface area contributed by atoms with Crippen LogP contribution in [0.3, 0.4) is 0 Å². The first-order valence-corrected chi connectivity index (χ1v) is 7.52. The molecule has 0 unspecified atom stereocenters. The van der Waals surface area contributed by atoms with E-state index in [1.807, 2.05) is 0 Å². The second-order valence-electron chi connectivity index (χ2n) is 5.39. The van der Waals surface area contributed by atoms with Crippen LogP contribution in [0.1, 0.15) is 11.7 Å². The lowest BCUT2D eigenvalue weighted by Gasteiger charge is -2.36. The Morgan fingerprint density at radius 1 is 1.30 bits per heavy atom. The van der Waals surface area contributed by atoms with Gasteiger partial charge in [0, 0.05) is 32.2 Å². The molecule has 1 aromatic heterocycles. The molecule has 0 amide bonds. The number of rotatable bonds is 5. The Bertz CT molecular complexity index is 655. The normalized spacial score (nSPS) is 15.9. The van der Waals surface area contributed by atoms with E-state index in [0.717, 1.165) is 31.9 Å². The van der Waals surface area contributed by atoms with Crippen LogP contribution < -0.4 is 15.4 Å². The van der Waals surface area contributed by atoms with Crippen LogP contribution in [0.2, 0.25) is 0 Å². The van der Waals surface area contributed by atoms with Crippen molar-refractivity contribution in [3.63, 3.8) is 0 Å². The van der Waals surface area contributed by atoms with Gasteiger partial charge in [-0.1, -0.05) is 5.16 Å². The summed E-state index contributed by atoms with van der Waals surface area (Å²) >= 11 is 0. The first kappa shape index (κ1) is 15.7. The fourth-order valence-electron chi connectivity index (χ4n) is 2.70. The van der Waals surface area contributed by atoms with Crippen LogP contribution in [0.4, 0.5) is 10.1 Å². The van der Waals surface area contributed by atoms with E-state index in [2.05, 4.69) is 19.9 Å². The van der Waals surface area contributed by atoms with Gasteiger partial charge in [-0.15, -0.1) is 0 Å². The second-order valence-corrected chi connectivity index (χ2v) is 5.39. The summed E-state index contributed by atoms with van der Waals surface area (Å²) in [5.74, 6) is 1.37. The lowest BCUT2D eigenvalue weighted by Crippen LogP contribution is -2.46. The predicted octanol–water partition coefficient (Wildman–Crippen LogP) is 0.998. The smallest absolute Gasteiger partial charge is 0.240 e. The number of nitrogens with zero attached hydrogens (tertiary/aromatic N) is 4. The van der Waals surface area contributed by atoms with E-state index in [-0.39, 0.29) is 12.4 Å². The van der Waals surface area contributed by atoms with Crippen molar-refractivity contribution in [1.82, 2.24) is 15.0 Å². The number of anilines is 1. The van der Waals surface area contributed by atoms with Gasteiger partial charge in [0.05, 0.1) is 25.9 Å². The summed E-state index contributed by atoms with van der Waals surface area (Å²) in [6.45, 7) is 4.25. The molecule has 0 radical (unpaired) electrons. The number of hydrogen-bond donors (Lipinski definition) is 1. The Morgan fingerprint density at radius 3 is 2.74 bits per heavy atom. The van der Waals surface area contributed by atoms with Crippen molar-refractivity contribution in [1.29, 1.82) is 0 Å². The van der Waals surface area contributed by atoms with Crippen molar-refractivity contribution in [2.75, 3.05) is 38.2 Å². The number of methoxy groups -OCH3 is 1. The largest absolute Gasteiger partial charge is 0.494 e. The molecule has 2 aromatic rings. The van der Waals surface area contributed by atoms with Gasteiger partial charge in [-0.05, 0) is 12.1 Å². The molecular formula is C15H20FN5O2. The first-order valence-electron chi connectivity index (χ1n) is 7.52. The molecule has 2 heterocycles. The van der Waals surface area contributed by atoms with Gasteiger partial charge in [-0.25, -0.2) is 4.39 Å². The number of nitrogens with two attached hydrogens (primary N) is 1. The minimum atomic E-state index is -0.294. The third-order valence-electron chi connectivity index (χ3n) is 3.90. The summed E-state index contributed by atoms with van der Waals surface area (Å²) in [4.78, 5) is 8.66. The van der Waals surface area contributed by atoms with Crippen LogP contribution in [0.5, 0.6) is 5.75 Å². The number of benzene rings is 1. The molecule has 0 bridgehead atoms. The summed E-state index contributed by atoms with van der Waals surface area (Å²) in [7, 11) is 1.56. The summed E-state index contributed by atoms with van der Waals surface area (Å²) in [6, 6.07) is 4.63. The second kappa shape index (κ2) is 6.93. The zero-order chi connectivity index (χ0) is 16.2. The Hall–Kier alpha value is -2.19. The molecule has 1 aliphatic rings. The van der Waals surface area contributed by atoms with Crippen molar-refractivity contribution < 1.29 is 13.7 Å². The van der Waals surface area contributed by atoms with Crippen LogP contribution >= 0.6 is 0 Å². The molecule has 23 heavy (non-hydrogen) atoms. The topological polar surface area (TPSA) is 80.7 Å². The van der Waals surface area contributed by atoms with E-state index >= 15 is 0 Å². The SMILES string of the molecule is COc1cc(F)ccc1N1CCN(Cc2noc(CN)n2)CC1. The van der Waals surface area contributed by atoms with E-state index in [0.29, 0.717) is 24.0 Å². The molecule has 1 saturated heterocycles. The zero-order valence-corrected chi connectivity index (χ0v) is 13.0. The lowest BCUT2D eigenvalue weighted by molar-refractivity contribution is 0.239. The van der Waals surface area contributed by atoms with Gasteiger partial charge in [0.2, 0.25) is 5.89 Å². The van der Waals surface area contributed by atoms with Crippen LogP contribution in [0.25, 0.3) is 0 Å². The molecule has 8 heteroatoms. The Kier molecular flexibility index (Phi) is 4.73. The van der Waals surface area contributed by atoms with Crippen molar-refractivity contribution in [2.24, 2.45) is 5.73 Å². The molecule has 1 fully saturated rings. The highest BCUT2D eigenvalue weighted by Gasteiger charge is 2.21. The lowest BCUT2D eigenvalue weighted by atomic mass is 10.2. The highest BCUT2D eigenvalue weighted by atomic mass is 19.1. The number of aromatic nitrogens is 2. The Labute approximate surface area is 133 Å². The van der Waals surface area contributed by atoms with Crippen molar-refractivity contribution in [3.8, 4) is 5.75 Å². The monoisotopic (exact) mass is 321 g/mol. The van der Waals surface area contributed by atoms with Gasteiger partial charge in [0.1, 0.15) is 11.6 Å². The standard InChI is InChI=1S/C15H20FN5O2/c1-22-13-8-11(16)2-3-12(13)21-6-4-20(5-7-21)10-14-18-15(9-17)23-19-14/h2-3,8H,4-7,9-10,17H2,1H3. The van der Waals surface area contributed by atoms with Crippen LogP contribution in [-0.2, 0) is 13.1 Å². The van der Waals surface area contributed by atoms with Crippen LogP contribution in [0.15, 0.2) is 22.7 Å². The molecule has 0 atom stereocenters. The van der Waals surface area contributed by atoms with E-state index in [1.165, 1.54) is 12.1 Å². The van der Waals surface area contributed by atoms with Crippen LogP contribution in [-0.4, -0.2) is 48.3 Å². The minimum Gasteiger partial charge on any atom is -0.494 e. The van der Waals surface area contributed by atoms with E-state index in [9.17, 15) is 4.39 Å². The average molecular weight is 321 g/mol. The summed E-state index contributed by atoms with van der Waals surface area (Å²) in [5, 5.41) is 3.91. The molecule has 2 N–H and O–H groups in total. The maximum Gasteiger partial charge on any atom is 0.240 e. The molecule has 0 saturated carbocycles. The van der Waals surface area contributed by atoms with E-state index in [4.69, 9.17) is 15.0 Å². The van der Waals surface area contributed by atoms with Gasteiger partial charge in [0.15, 0.2) is 5.82 Å². The molecule has 124 valence electrons. The molecular weight excluding hydrogens is 301 g/mol. The summed E-state index contributed by atoms with van der Waals surface area (Å²) in [6.07, 6.45) is 0. The van der Waals surface area contributed by atoms with E-state index < -0.39 is 0 Å². The van der Waals surface area contributed by atoms with E-state index in [1.54, 1.807) is 13.2 Å². The minimum absolute atomic E-state index is 0.255. The Balaban J connectivity index is 1.60.